The lowest BCUT2D eigenvalue weighted by atomic mass is 9.92. The molecular formula is C14H20ClN3. The van der Waals surface area contributed by atoms with Crippen LogP contribution in [0.3, 0.4) is 0 Å². The molecular weight excluding hydrogens is 246 g/mol. The van der Waals surface area contributed by atoms with E-state index in [1.54, 1.807) is 0 Å². The van der Waals surface area contributed by atoms with E-state index in [0.29, 0.717) is 0 Å². The second kappa shape index (κ2) is 5.44. The molecule has 0 spiro atoms. The summed E-state index contributed by atoms with van der Waals surface area (Å²) in [7, 11) is 0. The van der Waals surface area contributed by atoms with Crippen molar-refractivity contribution in [2.45, 2.75) is 32.7 Å². The third-order valence-electron chi connectivity index (χ3n) is 2.75. The number of nitrogens with two attached hydrogens (primary N) is 1. The lowest BCUT2D eigenvalue weighted by molar-refractivity contribution is 0.546. The molecule has 0 saturated carbocycles. The molecule has 0 radical (unpaired) electrons. The third-order valence-corrected chi connectivity index (χ3v) is 2.75. The van der Waals surface area contributed by atoms with E-state index in [1.807, 2.05) is 28.9 Å². The zero-order valence-electron chi connectivity index (χ0n) is 11.1. The first kappa shape index (κ1) is 14.6. The van der Waals surface area contributed by atoms with E-state index in [4.69, 9.17) is 5.73 Å². The average molecular weight is 266 g/mol. The normalized spacial score (nSPS) is 11.1. The summed E-state index contributed by atoms with van der Waals surface area (Å²) in [6, 6.07) is 12.2. The Morgan fingerprint density at radius 3 is 2.28 bits per heavy atom. The summed E-state index contributed by atoms with van der Waals surface area (Å²) < 4.78 is 1.86. The van der Waals surface area contributed by atoms with Crippen LogP contribution in [0, 0.1) is 0 Å². The van der Waals surface area contributed by atoms with Crippen LogP contribution in [-0.2, 0) is 12.0 Å². The van der Waals surface area contributed by atoms with E-state index in [0.717, 1.165) is 18.1 Å². The highest BCUT2D eigenvalue weighted by Crippen LogP contribution is 2.23. The Labute approximate surface area is 114 Å². The monoisotopic (exact) mass is 265 g/mol. The van der Waals surface area contributed by atoms with Crippen LogP contribution in [0.25, 0.3) is 0 Å². The molecule has 0 aliphatic heterocycles. The van der Waals surface area contributed by atoms with Crippen LogP contribution in [-0.4, -0.2) is 9.78 Å². The summed E-state index contributed by atoms with van der Waals surface area (Å²) in [6.45, 7) is 7.15. The number of hydrogen-bond donors (Lipinski definition) is 1. The van der Waals surface area contributed by atoms with E-state index in [1.165, 1.54) is 5.56 Å². The summed E-state index contributed by atoms with van der Waals surface area (Å²) in [5.41, 5.74) is 8.27. The Hall–Kier alpha value is -1.48. The predicted molar refractivity (Wildman–Crippen MR) is 78.1 cm³/mol. The highest BCUT2D eigenvalue weighted by Gasteiger charge is 2.18. The van der Waals surface area contributed by atoms with Crippen LogP contribution in [0.15, 0.2) is 36.4 Å². The van der Waals surface area contributed by atoms with Crippen LogP contribution >= 0.6 is 12.4 Å². The van der Waals surface area contributed by atoms with Crippen LogP contribution in [0.4, 0.5) is 5.82 Å². The molecule has 0 aliphatic rings. The molecule has 1 heterocycles. The number of benzene rings is 1. The minimum Gasteiger partial charge on any atom is -0.384 e. The van der Waals surface area contributed by atoms with E-state index < -0.39 is 0 Å². The number of halogens is 1. The van der Waals surface area contributed by atoms with Gasteiger partial charge in [-0.1, -0.05) is 51.1 Å². The van der Waals surface area contributed by atoms with Gasteiger partial charge in [-0.05, 0) is 5.56 Å². The molecule has 0 amide bonds. The Kier molecular flexibility index (Phi) is 4.41. The lowest BCUT2D eigenvalue weighted by Crippen LogP contribution is -2.13. The molecule has 18 heavy (non-hydrogen) atoms. The number of nitrogen functional groups attached to an aromatic ring is 1. The zero-order chi connectivity index (χ0) is 12.5. The van der Waals surface area contributed by atoms with E-state index in [-0.39, 0.29) is 17.8 Å². The van der Waals surface area contributed by atoms with Crippen molar-refractivity contribution in [3.8, 4) is 0 Å². The van der Waals surface area contributed by atoms with Gasteiger partial charge in [0.1, 0.15) is 5.82 Å². The van der Waals surface area contributed by atoms with Crippen LogP contribution in [0.5, 0.6) is 0 Å². The van der Waals surface area contributed by atoms with Gasteiger partial charge in [-0.3, -0.25) is 0 Å². The standard InChI is InChI=1S/C14H19N3.ClH/c1-14(2,3)12-9-13(15)17(16-12)10-11-7-5-4-6-8-11;/h4-9H,10,15H2,1-3H3;1H. The first-order chi connectivity index (χ1) is 7.97. The van der Waals surface area contributed by atoms with Crippen molar-refractivity contribution >= 4 is 18.2 Å². The highest BCUT2D eigenvalue weighted by molar-refractivity contribution is 5.85. The van der Waals surface area contributed by atoms with Crippen molar-refractivity contribution < 1.29 is 0 Å². The molecule has 1 aromatic heterocycles. The molecule has 1 aromatic carbocycles. The van der Waals surface area contributed by atoms with Crippen molar-refractivity contribution in [1.29, 1.82) is 0 Å². The fourth-order valence-corrected chi connectivity index (χ4v) is 1.68. The van der Waals surface area contributed by atoms with Gasteiger partial charge in [-0.25, -0.2) is 4.68 Å². The van der Waals surface area contributed by atoms with E-state index >= 15 is 0 Å². The SMILES string of the molecule is CC(C)(C)c1cc(N)n(Cc2ccccc2)n1.Cl. The molecule has 2 rings (SSSR count). The molecule has 2 aromatic rings. The summed E-state index contributed by atoms with van der Waals surface area (Å²) in [6.07, 6.45) is 0. The zero-order valence-corrected chi connectivity index (χ0v) is 11.9. The molecule has 0 atom stereocenters. The number of rotatable bonds is 2. The smallest absolute Gasteiger partial charge is 0.122 e. The Morgan fingerprint density at radius 2 is 1.78 bits per heavy atom. The highest BCUT2D eigenvalue weighted by atomic mass is 35.5. The first-order valence-corrected chi connectivity index (χ1v) is 5.84. The van der Waals surface area contributed by atoms with Crippen LogP contribution in [0.1, 0.15) is 32.0 Å². The van der Waals surface area contributed by atoms with Gasteiger partial charge in [-0.15, -0.1) is 12.4 Å². The number of anilines is 1. The van der Waals surface area contributed by atoms with Gasteiger partial charge in [0.2, 0.25) is 0 Å². The molecule has 4 heteroatoms. The van der Waals surface area contributed by atoms with Gasteiger partial charge in [0.25, 0.3) is 0 Å². The summed E-state index contributed by atoms with van der Waals surface area (Å²) in [4.78, 5) is 0. The first-order valence-electron chi connectivity index (χ1n) is 5.84. The largest absolute Gasteiger partial charge is 0.384 e. The summed E-state index contributed by atoms with van der Waals surface area (Å²) in [5, 5.41) is 4.57. The third kappa shape index (κ3) is 3.26. The minimum atomic E-state index is 0. The second-order valence-electron chi connectivity index (χ2n) is 5.35. The van der Waals surface area contributed by atoms with Crippen molar-refractivity contribution in [1.82, 2.24) is 9.78 Å². The molecule has 0 saturated heterocycles. The lowest BCUT2D eigenvalue weighted by Gasteiger charge is -2.14. The molecule has 2 N–H and O–H groups in total. The number of nitrogens with zero attached hydrogens (tertiary/aromatic N) is 2. The predicted octanol–water partition coefficient (Wildman–Crippen LogP) is 3.23. The van der Waals surface area contributed by atoms with Gasteiger partial charge in [0.05, 0.1) is 12.2 Å². The fraction of sp³-hybridized carbons (Fsp3) is 0.357. The van der Waals surface area contributed by atoms with Crippen LogP contribution < -0.4 is 5.73 Å². The molecule has 3 nitrogen and oxygen atoms in total. The second-order valence-corrected chi connectivity index (χ2v) is 5.35. The maximum Gasteiger partial charge on any atom is 0.122 e. The number of aromatic nitrogens is 2. The number of hydrogen-bond acceptors (Lipinski definition) is 2. The maximum absolute atomic E-state index is 5.99. The minimum absolute atomic E-state index is 0. The Balaban J connectivity index is 0.00000162. The van der Waals surface area contributed by atoms with Crippen molar-refractivity contribution in [3.05, 3.63) is 47.7 Å². The van der Waals surface area contributed by atoms with Gasteiger partial charge in [0, 0.05) is 11.5 Å². The van der Waals surface area contributed by atoms with Crippen molar-refractivity contribution in [2.75, 3.05) is 5.73 Å². The molecule has 0 unspecified atom stereocenters. The quantitative estimate of drug-likeness (QED) is 0.906. The average Bonchev–Trinajstić information content (AvgIpc) is 2.62. The molecule has 0 bridgehead atoms. The summed E-state index contributed by atoms with van der Waals surface area (Å²) >= 11 is 0. The van der Waals surface area contributed by atoms with Crippen molar-refractivity contribution in [2.24, 2.45) is 0 Å². The van der Waals surface area contributed by atoms with Gasteiger partial charge in [0.15, 0.2) is 0 Å². The van der Waals surface area contributed by atoms with E-state index in [2.05, 4.69) is 38.0 Å². The molecule has 0 aliphatic carbocycles. The molecule has 98 valence electrons. The van der Waals surface area contributed by atoms with Crippen LogP contribution in [0.2, 0.25) is 0 Å². The topological polar surface area (TPSA) is 43.8 Å². The fourth-order valence-electron chi connectivity index (χ4n) is 1.68. The van der Waals surface area contributed by atoms with Gasteiger partial charge in [-0.2, -0.15) is 5.10 Å². The molecule has 0 fully saturated rings. The van der Waals surface area contributed by atoms with Crippen molar-refractivity contribution in [3.63, 3.8) is 0 Å². The maximum atomic E-state index is 5.99. The summed E-state index contributed by atoms with van der Waals surface area (Å²) in [5.74, 6) is 0.721. The van der Waals surface area contributed by atoms with E-state index in [9.17, 15) is 0 Å². The Bertz CT molecular complexity index is 498. The Morgan fingerprint density at radius 1 is 1.17 bits per heavy atom. The van der Waals surface area contributed by atoms with Gasteiger partial charge < -0.3 is 5.73 Å². The van der Waals surface area contributed by atoms with Gasteiger partial charge >= 0.3 is 0 Å².